The van der Waals surface area contributed by atoms with Crippen LogP contribution in [0.1, 0.15) is 16.5 Å². The zero-order valence-electron chi connectivity index (χ0n) is 16.4. The van der Waals surface area contributed by atoms with Gasteiger partial charge in [0.05, 0.1) is 4.88 Å². The Labute approximate surface area is 183 Å². The largest absolute Gasteiger partial charge is 0.481 e. The van der Waals surface area contributed by atoms with Crippen molar-refractivity contribution in [2.75, 3.05) is 11.9 Å². The van der Waals surface area contributed by atoms with Crippen LogP contribution in [0.4, 0.5) is 10.6 Å². The number of amides is 1. The van der Waals surface area contributed by atoms with E-state index in [1.54, 1.807) is 24.4 Å². The van der Waals surface area contributed by atoms with Crippen molar-refractivity contribution >= 4 is 39.2 Å². The molecule has 4 rings (SSSR count). The summed E-state index contributed by atoms with van der Waals surface area (Å²) < 4.78 is 12.7. The van der Waals surface area contributed by atoms with Crippen LogP contribution in [-0.2, 0) is 4.74 Å². The Morgan fingerprint density at radius 1 is 1.10 bits per heavy atom. The number of pyridine rings is 1. The van der Waals surface area contributed by atoms with Crippen molar-refractivity contribution in [2.24, 2.45) is 5.73 Å². The van der Waals surface area contributed by atoms with E-state index in [1.165, 1.54) is 11.3 Å². The quantitative estimate of drug-likeness (QED) is 0.283. The van der Waals surface area contributed by atoms with E-state index in [2.05, 4.69) is 10.3 Å². The van der Waals surface area contributed by atoms with Crippen molar-refractivity contribution in [2.45, 2.75) is 6.10 Å². The zero-order valence-corrected chi connectivity index (χ0v) is 17.3. The first-order valence-corrected chi connectivity index (χ1v) is 10.3. The average Bonchev–Trinajstić information content (AvgIpc) is 3.24. The highest BCUT2D eigenvalue weighted by atomic mass is 32.1. The summed E-state index contributed by atoms with van der Waals surface area (Å²) in [4.78, 5) is 17.0. The Balaban J connectivity index is 1.54. The Bertz CT molecular complexity index is 1200. The molecular formula is C23H20N4O3S. The Morgan fingerprint density at radius 2 is 1.90 bits per heavy atom. The van der Waals surface area contributed by atoms with Gasteiger partial charge in [-0.3, -0.25) is 10.7 Å². The molecule has 0 spiro atoms. The molecule has 0 aliphatic rings. The van der Waals surface area contributed by atoms with Crippen molar-refractivity contribution in [1.29, 1.82) is 5.41 Å². The average molecular weight is 433 g/mol. The summed E-state index contributed by atoms with van der Waals surface area (Å²) in [6.45, 7) is 0.00275. The number of rotatable bonds is 7. The van der Waals surface area contributed by atoms with Gasteiger partial charge in [-0.25, -0.2) is 9.78 Å². The number of nitrogens with zero attached hydrogens (tertiary/aromatic N) is 1. The monoisotopic (exact) mass is 432 g/mol. The molecule has 7 nitrogen and oxygen atoms in total. The highest BCUT2D eigenvalue weighted by Gasteiger charge is 2.19. The Kier molecular flexibility index (Phi) is 6.09. The van der Waals surface area contributed by atoms with Crippen LogP contribution in [0.15, 0.2) is 79.0 Å². The van der Waals surface area contributed by atoms with Gasteiger partial charge in [-0.1, -0.05) is 42.5 Å². The minimum absolute atomic E-state index is 0.00275. The minimum Gasteiger partial charge on any atom is -0.481 e. The SMILES string of the molecule is N=C(N)c1cc2c(OC(COC(=O)Nc3ccccn3)c3ccccc3)cccc2s1. The molecule has 2 aromatic heterocycles. The number of hydrogen-bond donors (Lipinski definition) is 3. The molecule has 1 atom stereocenters. The smallest absolute Gasteiger partial charge is 0.412 e. The van der Waals surface area contributed by atoms with E-state index in [9.17, 15) is 4.79 Å². The number of aromatic nitrogens is 1. The summed E-state index contributed by atoms with van der Waals surface area (Å²) >= 11 is 1.43. The van der Waals surface area contributed by atoms with Crippen LogP contribution in [0.5, 0.6) is 5.75 Å². The van der Waals surface area contributed by atoms with Crippen LogP contribution < -0.4 is 15.8 Å². The minimum atomic E-state index is -0.615. The van der Waals surface area contributed by atoms with E-state index >= 15 is 0 Å². The Morgan fingerprint density at radius 3 is 2.65 bits per heavy atom. The molecule has 31 heavy (non-hydrogen) atoms. The zero-order chi connectivity index (χ0) is 21.6. The van der Waals surface area contributed by atoms with E-state index in [1.807, 2.05) is 54.6 Å². The second-order valence-corrected chi connectivity index (χ2v) is 7.73. The molecule has 8 heteroatoms. The first-order valence-electron chi connectivity index (χ1n) is 9.53. The van der Waals surface area contributed by atoms with Gasteiger partial charge in [0.1, 0.15) is 24.0 Å². The van der Waals surface area contributed by atoms with Gasteiger partial charge in [0.15, 0.2) is 6.10 Å². The summed E-state index contributed by atoms with van der Waals surface area (Å²) in [6, 6.07) is 22.3. The maximum Gasteiger partial charge on any atom is 0.412 e. The van der Waals surface area contributed by atoms with Crippen LogP contribution in [0.2, 0.25) is 0 Å². The lowest BCUT2D eigenvalue weighted by Gasteiger charge is -2.20. The van der Waals surface area contributed by atoms with Gasteiger partial charge >= 0.3 is 6.09 Å². The molecular weight excluding hydrogens is 412 g/mol. The number of nitrogens with two attached hydrogens (primary N) is 1. The second-order valence-electron chi connectivity index (χ2n) is 6.65. The molecule has 0 saturated heterocycles. The predicted molar refractivity (Wildman–Crippen MR) is 122 cm³/mol. The maximum atomic E-state index is 12.2. The fourth-order valence-electron chi connectivity index (χ4n) is 3.02. The van der Waals surface area contributed by atoms with E-state index in [-0.39, 0.29) is 12.4 Å². The molecule has 0 aliphatic carbocycles. The van der Waals surface area contributed by atoms with Crippen LogP contribution in [0.3, 0.4) is 0 Å². The topological polar surface area (TPSA) is 110 Å². The van der Waals surface area contributed by atoms with Crippen molar-refractivity contribution in [3.05, 3.63) is 89.4 Å². The summed E-state index contributed by atoms with van der Waals surface area (Å²) in [6.07, 6.45) is 0.445. The van der Waals surface area contributed by atoms with Crippen molar-refractivity contribution in [3.8, 4) is 5.75 Å². The summed E-state index contributed by atoms with van der Waals surface area (Å²) in [7, 11) is 0. The standard InChI is InChI=1S/C23H20N4O3S/c24-22(25)20-13-16-17(9-6-10-19(16)31-20)30-18(15-7-2-1-3-8-15)14-29-23(28)27-21-11-4-5-12-26-21/h1-13,18H,14H2,(H3,24,25)(H,26,27,28). The first-order chi connectivity index (χ1) is 15.1. The van der Waals surface area contributed by atoms with Crippen molar-refractivity contribution in [3.63, 3.8) is 0 Å². The summed E-state index contributed by atoms with van der Waals surface area (Å²) in [5, 5.41) is 11.1. The molecule has 2 heterocycles. The highest BCUT2D eigenvalue weighted by Crippen LogP contribution is 2.35. The van der Waals surface area contributed by atoms with Crippen LogP contribution >= 0.6 is 11.3 Å². The molecule has 0 bridgehead atoms. The number of fused-ring (bicyclic) bond motifs is 1. The first kappa shape index (κ1) is 20.4. The van der Waals surface area contributed by atoms with E-state index < -0.39 is 12.2 Å². The van der Waals surface area contributed by atoms with Crippen LogP contribution in [0, 0.1) is 5.41 Å². The number of thiophene rings is 1. The molecule has 4 N–H and O–H groups in total. The van der Waals surface area contributed by atoms with E-state index in [0.717, 1.165) is 15.6 Å². The number of benzene rings is 2. The number of amidine groups is 1. The number of anilines is 1. The number of nitrogen functional groups attached to an aromatic ring is 1. The molecule has 0 fully saturated rings. The van der Waals surface area contributed by atoms with Gasteiger partial charge in [0.25, 0.3) is 0 Å². The van der Waals surface area contributed by atoms with E-state index in [4.69, 9.17) is 20.6 Å². The fourth-order valence-corrected chi connectivity index (χ4v) is 3.96. The number of ether oxygens (including phenoxy) is 2. The molecule has 4 aromatic rings. The summed E-state index contributed by atoms with van der Waals surface area (Å²) in [5.41, 5.74) is 6.52. The number of hydrogen-bond acceptors (Lipinski definition) is 6. The third-order valence-corrected chi connectivity index (χ3v) is 5.62. The fraction of sp³-hybridized carbons (Fsp3) is 0.0870. The van der Waals surface area contributed by atoms with Gasteiger partial charge in [0.2, 0.25) is 0 Å². The van der Waals surface area contributed by atoms with E-state index in [0.29, 0.717) is 16.4 Å². The lowest BCUT2D eigenvalue weighted by Crippen LogP contribution is -2.21. The maximum absolute atomic E-state index is 12.2. The van der Waals surface area contributed by atoms with Gasteiger partial charge < -0.3 is 15.2 Å². The normalized spacial score (nSPS) is 11.6. The Hall–Kier alpha value is -3.91. The van der Waals surface area contributed by atoms with Crippen molar-refractivity contribution < 1.29 is 14.3 Å². The lowest BCUT2D eigenvalue weighted by atomic mass is 10.1. The molecule has 0 radical (unpaired) electrons. The highest BCUT2D eigenvalue weighted by molar-refractivity contribution is 7.20. The van der Waals surface area contributed by atoms with Crippen molar-refractivity contribution in [1.82, 2.24) is 4.98 Å². The third-order valence-electron chi connectivity index (χ3n) is 4.49. The van der Waals surface area contributed by atoms with Crippen LogP contribution in [-0.4, -0.2) is 23.5 Å². The van der Waals surface area contributed by atoms with Gasteiger partial charge in [-0.2, -0.15) is 0 Å². The van der Waals surface area contributed by atoms with Crippen LogP contribution in [0.25, 0.3) is 10.1 Å². The lowest BCUT2D eigenvalue weighted by molar-refractivity contribution is 0.0909. The molecule has 0 aliphatic heterocycles. The molecule has 0 saturated carbocycles. The predicted octanol–water partition coefficient (Wildman–Crippen LogP) is 4.95. The summed E-state index contributed by atoms with van der Waals surface area (Å²) in [5.74, 6) is 1.05. The molecule has 156 valence electrons. The third kappa shape index (κ3) is 4.99. The number of carbonyl (C=O) groups is 1. The number of carbonyl (C=O) groups excluding carboxylic acids is 1. The second kappa shape index (κ2) is 9.27. The molecule has 2 aromatic carbocycles. The molecule has 1 unspecified atom stereocenters. The molecule has 1 amide bonds. The number of nitrogens with one attached hydrogen (secondary N) is 2. The van der Waals surface area contributed by atoms with Gasteiger partial charge in [0, 0.05) is 16.3 Å². The van der Waals surface area contributed by atoms with Gasteiger partial charge in [-0.05, 0) is 35.9 Å². The van der Waals surface area contributed by atoms with Gasteiger partial charge in [-0.15, -0.1) is 11.3 Å².